The van der Waals surface area contributed by atoms with E-state index in [-0.39, 0.29) is 5.91 Å². The van der Waals surface area contributed by atoms with Crippen LogP contribution in [0, 0.1) is 6.92 Å². The zero-order chi connectivity index (χ0) is 9.14. The Labute approximate surface area is 75.2 Å². The maximum absolute atomic E-state index is 11.4. The molecule has 0 aromatic carbocycles. The highest BCUT2D eigenvalue weighted by molar-refractivity contribution is 7.11. The highest BCUT2D eigenvalue weighted by Crippen LogP contribution is 2.11. The predicted molar refractivity (Wildman–Crippen MR) is 48.0 cm³/mol. The minimum Gasteiger partial charge on any atom is -0.285 e. The van der Waals surface area contributed by atoms with E-state index in [2.05, 4.69) is 10.4 Å². The van der Waals surface area contributed by atoms with E-state index in [1.165, 1.54) is 11.3 Å². The third kappa shape index (κ3) is 2.02. The van der Waals surface area contributed by atoms with Crippen molar-refractivity contribution in [2.45, 2.75) is 6.92 Å². The van der Waals surface area contributed by atoms with Crippen molar-refractivity contribution in [1.29, 1.82) is 0 Å². The van der Waals surface area contributed by atoms with Gasteiger partial charge in [0, 0.05) is 14.1 Å². The number of hydrogen-bond acceptors (Lipinski definition) is 4. The number of nitrogens with one attached hydrogen (secondary N) is 1. The first kappa shape index (κ1) is 9.15. The fourth-order valence-corrected chi connectivity index (χ4v) is 1.47. The van der Waals surface area contributed by atoms with Gasteiger partial charge in [-0.2, -0.15) is 0 Å². The molecule has 1 N–H and O–H groups in total. The Kier molecular flexibility index (Phi) is 2.78. The van der Waals surface area contributed by atoms with Crippen molar-refractivity contribution >= 4 is 17.2 Å². The van der Waals surface area contributed by atoms with Crippen molar-refractivity contribution < 1.29 is 4.79 Å². The summed E-state index contributed by atoms with van der Waals surface area (Å²) < 4.78 is 0. The maximum atomic E-state index is 11.4. The smallest absolute Gasteiger partial charge is 0.277 e. The molecule has 0 unspecified atom stereocenters. The van der Waals surface area contributed by atoms with Crippen LogP contribution >= 0.6 is 11.3 Å². The molecule has 1 aromatic rings. The third-order valence-electron chi connectivity index (χ3n) is 1.28. The van der Waals surface area contributed by atoms with E-state index in [4.69, 9.17) is 0 Å². The van der Waals surface area contributed by atoms with Gasteiger partial charge in [-0.15, -0.1) is 11.3 Å². The number of aromatic nitrogens is 1. The second kappa shape index (κ2) is 3.64. The molecule has 0 aliphatic heterocycles. The Bertz CT molecular complexity index is 282. The Morgan fingerprint density at radius 3 is 2.75 bits per heavy atom. The van der Waals surface area contributed by atoms with Crippen LogP contribution < -0.4 is 5.43 Å². The van der Waals surface area contributed by atoms with Crippen LogP contribution in [0.5, 0.6) is 0 Å². The zero-order valence-electron chi connectivity index (χ0n) is 7.29. The van der Waals surface area contributed by atoms with Gasteiger partial charge in [-0.3, -0.25) is 10.2 Å². The van der Waals surface area contributed by atoms with Gasteiger partial charge in [-0.25, -0.2) is 9.99 Å². The molecule has 4 nitrogen and oxygen atoms in total. The van der Waals surface area contributed by atoms with E-state index < -0.39 is 0 Å². The van der Waals surface area contributed by atoms with Crippen LogP contribution in [0.15, 0.2) is 5.51 Å². The summed E-state index contributed by atoms with van der Waals surface area (Å²) in [5.41, 5.74) is 5.09. The maximum Gasteiger partial charge on any atom is 0.277 e. The molecule has 1 rings (SSSR count). The number of aryl methyl sites for hydroxylation is 1. The fraction of sp³-hybridized carbons (Fsp3) is 0.429. The van der Waals surface area contributed by atoms with Crippen molar-refractivity contribution in [3.8, 4) is 0 Å². The summed E-state index contributed by atoms with van der Waals surface area (Å²) >= 11 is 1.35. The molecule has 0 saturated carbocycles. The van der Waals surface area contributed by atoms with Gasteiger partial charge < -0.3 is 0 Å². The molecule has 0 saturated heterocycles. The lowest BCUT2D eigenvalue weighted by Gasteiger charge is -2.10. The number of hydrazine groups is 1. The molecule has 0 aliphatic carbocycles. The van der Waals surface area contributed by atoms with Crippen LogP contribution in [-0.4, -0.2) is 30.0 Å². The summed E-state index contributed by atoms with van der Waals surface area (Å²) in [7, 11) is 3.54. The molecular formula is C7H11N3OS. The molecule has 0 atom stereocenters. The minimum absolute atomic E-state index is 0.0972. The minimum atomic E-state index is -0.0972. The van der Waals surface area contributed by atoms with Crippen LogP contribution in [0.4, 0.5) is 0 Å². The first-order chi connectivity index (χ1) is 5.61. The van der Waals surface area contributed by atoms with Crippen LogP contribution in [-0.2, 0) is 0 Å². The average Bonchev–Trinajstić information content (AvgIpc) is 2.33. The monoisotopic (exact) mass is 185 g/mol. The number of hydrogen-bond donors (Lipinski definition) is 1. The van der Waals surface area contributed by atoms with Gasteiger partial charge in [0.25, 0.3) is 5.91 Å². The van der Waals surface area contributed by atoms with Crippen molar-refractivity contribution in [2.75, 3.05) is 14.1 Å². The van der Waals surface area contributed by atoms with Crippen molar-refractivity contribution in [1.82, 2.24) is 15.4 Å². The number of thiazole rings is 1. The highest BCUT2D eigenvalue weighted by Gasteiger charge is 2.11. The topological polar surface area (TPSA) is 45.2 Å². The molecule has 1 amide bonds. The Morgan fingerprint density at radius 1 is 1.67 bits per heavy atom. The molecule has 0 fully saturated rings. The quantitative estimate of drug-likeness (QED) is 0.688. The van der Waals surface area contributed by atoms with Crippen LogP contribution in [0.2, 0.25) is 0 Å². The third-order valence-corrected chi connectivity index (χ3v) is 2.20. The number of amides is 1. The SMILES string of the molecule is Cc1ncsc1C(=O)NN(C)C. The number of rotatable bonds is 2. The summed E-state index contributed by atoms with van der Waals surface area (Å²) in [5.74, 6) is -0.0972. The van der Waals surface area contributed by atoms with E-state index in [9.17, 15) is 4.79 Å². The van der Waals surface area contributed by atoms with Crippen molar-refractivity contribution in [3.63, 3.8) is 0 Å². The lowest BCUT2D eigenvalue weighted by Crippen LogP contribution is -2.35. The van der Waals surface area contributed by atoms with Crippen LogP contribution in [0.25, 0.3) is 0 Å². The average molecular weight is 185 g/mol. The van der Waals surface area contributed by atoms with Gasteiger partial charge in [0.05, 0.1) is 11.2 Å². The van der Waals surface area contributed by atoms with Gasteiger partial charge in [0.15, 0.2) is 0 Å². The first-order valence-corrected chi connectivity index (χ1v) is 4.37. The molecule has 0 radical (unpaired) electrons. The van der Waals surface area contributed by atoms with Gasteiger partial charge in [0.1, 0.15) is 4.88 Å². The van der Waals surface area contributed by atoms with Crippen molar-refractivity contribution in [2.24, 2.45) is 0 Å². The normalized spacial score (nSPS) is 10.3. The summed E-state index contributed by atoms with van der Waals surface area (Å²) in [5, 5.41) is 1.61. The van der Waals surface area contributed by atoms with Crippen molar-refractivity contribution in [3.05, 3.63) is 16.1 Å². The molecule has 0 spiro atoms. The molecule has 0 bridgehead atoms. The molecule has 1 heterocycles. The summed E-state index contributed by atoms with van der Waals surface area (Å²) in [6.07, 6.45) is 0. The number of carbonyl (C=O) groups is 1. The fourth-order valence-electron chi connectivity index (χ4n) is 0.774. The van der Waals surface area contributed by atoms with Gasteiger partial charge in [-0.1, -0.05) is 0 Å². The molecule has 66 valence electrons. The standard InChI is InChI=1S/C7H11N3OS/c1-5-6(12-4-8-5)7(11)9-10(2)3/h4H,1-3H3,(H,9,11). The van der Waals surface area contributed by atoms with E-state index in [1.807, 2.05) is 6.92 Å². The zero-order valence-corrected chi connectivity index (χ0v) is 8.10. The Balaban J connectivity index is 2.72. The molecule has 12 heavy (non-hydrogen) atoms. The largest absolute Gasteiger partial charge is 0.285 e. The molecule has 1 aromatic heterocycles. The molecular weight excluding hydrogens is 174 g/mol. The van der Waals surface area contributed by atoms with E-state index in [0.29, 0.717) is 4.88 Å². The predicted octanol–water partition coefficient (Wildman–Crippen LogP) is 0.658. The van der Waals surface area contributed by atoms with Gasteiger partial charge in [-0.05, 0) is 6.92 Å². The molecule has 0 aliphatic rings. The first-order valence-electron chi connectivity index (χ1n) is 3.49. The van der Waals surface area contributed by atoms with Crippen LogP contribution in [0.3, 0.4) is 0 Å². The van der Waals surface area contributed by atoms with Gasteiger partial charge in [0.2, 0.25) is 0 Å². The number of nitrogens with zero attached hydrogens (tertiary/aromatic N) is 2. The summed E-state index contributed by atoms with van der Waals surface area (Å²) in [6, 6.07) is 0. The van der Waals surface area contributed by atoms with E-state index in [1.54, 1.807) is 24.6 Å². The van der Waals surface area contributed by atoms with E-state index >= 15 is 0 Å². The number of carbonyl (C=O) groups excluding carboxylic acids is 1. The summed E-state index contributed by atoms with van der Waals surface area (Å²) in [6.45, 7) is 1.82. The van der Waals surface area contributed by atoms with Gasteiger partial charge >= 0.3 is 0 Å². The Morgan fingerprint density at radius 2 is 2.33 bits per heavy atom. The van der Waals surface area contributed by atoms with Crippen LogP contribution in [0.1, 0.15) is 15.4 Å². The summed E-state index contributed by atoms with van der Waals surface area (Å²) in [4.78, 5) is 16.0. The second-order valence-corrected chi connectivity index (χ2v) is 3.46. The lowest BCUT2D eigenvalue weighted by molar-refractivity contribution is 0.0860. The molecule has 5 heteroatoms. The Hall–Kier alpha value is -0.940. The second-order valence-electron chi connectivity index (χ2n) is 2.60. The van der Waals surface area contributed by atoms with E-state index in [0.717, 1.165) is 5.69 Å². The highest BCUT2D eigenvalue weighted by atomic mass is 32.1. The lowest BCUT2D eigenvalue weighted by atomic mass is 10.4.